The van der Waals surface area contributed by atoms with Crippen molar-refractivity contribution in [3.05, 3.63) is 77.6 Å². The first kappa shape index (κ1) is 17.5. The third kappa shape index (κ3) is 3.27. The normalized spacial score (nSPS) is 17.0. The predicted octanol–water partition coefficient (Wildman–Crippen LogP) is 4.20. The maximum atomic E-state index is 12.4. The molecule has 1 fully saturated rings. The average molecular weight is 359 g/mol. The number of hydrogen-bond acceptors (Lipinski definition) is 2. The highest BCUT2D eigenvalue weighted by atomic mass is 16.2. The number of carbonyl (C=O) groups is 1. The van der Waals surface area contributed by atoms with Gasteiger partial charge in [0, 0.05) is 32.0 Å². The lowest BCUT2D eigenvalue weighted by atomic mass is 10.0. The summed E-state index contributed by atoms with van der Waals surface area (Å²) in [6.45, 7) is 10.1. The Kier molecular flexibility index (Phi) is 4.56. The Morgan fingerprint density at radius 1 is 1.22 bits per heavy atom. The first-order valence-electron chi connectivity index (χ1n) is 9.47. The van der Waals surface area contributed by atoms with Crippen molar-refractivity contribution in [3.8, 4) is 0 Å². The van der Waals surface area contributed by atoms with Crippen LogP contribution in [0.5, 0.6) is 0 Å². The number of imidazole rings is 1. The van der Waals surface area contributed by atoms with Crippen LogP contribution >= 0.6 is 0 Å². The number of carbonyl (C=O) groups excluding carboxylic acids is 1. The number of benzene rings is 2. The molecule has 0 bridgehead atoms. The van der Waals surface area contributed by atoms with E-state index in [2.05, 4.69) is 61.4 Å². The molecule has 4 heteroatoms. The van der Waals surface area contributed by atoms with E-state index in [-0.39, 0.29) is 11.8 Å². The largest absolute Gasteiger partial charge is 0.338 e. The lowest BCUT2D eigenvalue weighted by Gasteiger charge is -2.16. The van der Waals surface area contributed by atoms with Gasteiger partial charge in [-0.1, -0.05) is 42.0 Å². The summed E-state index contributed by atoms with van der Waals surface area (Å²) in [4.78, 5) is 19.2. The molecule has 1 aliphatic heterocycles. The number of fused-ring (bicyclic) bond motifs is 1. The maximum Gasteiger partial charge on any atom is 0.223 e. The van der Waals surface area contributed by atoms with Crippen LogP contribution in [0.15, 0.2) is 55.1 Å². The summed E-state index contributed by atoms with van der Waals surface area (Å²) in [7, 11) is 0. The van der Waals surface area contributed by atoms with Crippen LogP contribution in [0.1, 0.15) is 34.9 Å². The van der Waals surface area contributed by atoms with Crippen molar-refractivity contribution in [3.63, 3.8) is 0 Å². The third-order valence-electron chi connectivity index (χ3n) is 5.45. The molecule has 0 radical (unpaired) electrons. The second-order valence-electron chi connectivity index (χ2n) is 7.46. The second-order valence-corrected chi connectivity index (χ2v) is 7.46. The highest BCUT2D eigenvalue weighted by molar-refractivity contribution is 5.81. The van der Waals surface area contributed by atoms with Gasteiger partial charge in [-0.2, -0.15) is 0 Å². The minimum absolute atomic E-state index is 0.120. The first-order chi connectivity index (χ1) is 13.1. The van der Waals surface area contributed by atoms with Crippen LogP contribution in [0.3, 0.4) is 0 Å². The molecule has 0 spiro atoms. The Balaban J connectivity index is 1.77. The quantitative estimate of drug-likeness (QED) is 0.640. The van der Waals surface area contributed by atoms with Crippen LogP contribution in [0.2, 0.25) is 0 Å². The third-order valence-corrected chi connectivity index (χ3v) is 5.45. The van der Waals surface area contributed by atoms with E-state index in [1.807, 2.05) is 11.0 Å². The van der Waals surface area contributed by atoms with Crippen molar-refractivity contribution in [2.24, 2.45) is 0 Å². The van der Waals surface area contributed by atoms with E-state index in [4.69, 9.17) is 4.98 Å². The zero-order valence-corrected chi connectivity index (χ0v) is 16.0. The van der Waals surface area contributed by atoms with Crippen molar-refractivity contribution in [1.29, 1.82) is 0 Å². The van der Waals surface area contributed by atoms with Crippen LogP contribution in [0.25, 0.3) is 11.0 Å². The average Bonchev–Trinajstić information content (AvgIpc) is 3.20. The zero-order valence-electron chi connectivity index (χ0n) is 16.0. The molecular weight excluding hydrogens is 334 g/mol. The van der Waals surface area contributed by atoms with Gasteiger partial charge in [-0.15, -0.1) is 6.58 Å². The summed E-state index contributed by atoms with van der Waals surface area (Å²) < 4.78 is 2.30. The van der Waals surface area contributed by atoms with Gasteiger partial charge in [0.05, 0.1) is 11.0 Å². The Bertz CT molecular complexity index is 1020. The molecule has 4 nitrogen and oxygen atoms in total. The molecule has 27 heavy (non-hydrogen) atoms. The van der Waals surface area contributed by atoms with Gasteiger partial charge in [-0.05, 0) is 37.1 Å². The standard InChI is InChI=1S/C23H25N3O/c1-4-11-25-14-19(13-22(25)27)23-24-20-7-5-6-8-21(20)26(23)15-18-12-16(2)9-10-17(18)3/h4-10,12,19H,1,11,13-15H2,2-3H3/t19-/m1/s1. The van der Waals surface area contributed by atoms with Gasteiger partial charge < -0.3 is 9.47 Å². The minimum atomic E-state index is 0.120. The fraction of sp³-hybridized carbons (Fsp3) is 0.304. The summed E-state index contributed by atoms with van der Waals surface area (Å²) in [5, 5.41) is 0. The number of nitrogens with zero attached hydrogens (tertiary/aromatic N) is 3. The van der Waals surface area contributed by atoms with Gasteiger partial charge in [0.15, 0.2) is 0 Å². The molecule has 1 saturated heterocycles. The lowest BCUT2D eigenvalue weighted by molar-refractivity contribution is -0.127. The van der Waals surface area contributed by atoms with Gasteiger partial charge in [0.25, 0.3) is 0 Å². The lowest BCUT2D eigenvalue weighted by Crippen LogP contribution is -2.25. The summed E-state index contributed by atoms with van der Waals surface area (Å²) in [6, 6.07) is 14.8. The van der Waals surface area contributed by atoms with E-state index in [1.54, 1.807) is 6.08 Å². The Morgan fingerprint density at radius 3 is 2.85 bits per heavy atom. The van der Waals surface area contributed by atoms with E-state index in [1.165, 1.54) is 16.7 Å². The Morgan fingerprint density at radius 2 is 2.04 bits per heavy atom. The molecular formula is C23H25N3O. The van der Waals surface area contributed by atoms with Crippen LogP contribution in [-0.4, -0.2) is 33.4 Å². The number of aryl methyl sites for hydroxylation is 2. The topological polar surface area (TPSA) is 38.1 Å². The summed E-state index contributed by atoms with van der Waals surface area (Å²) >= 11 is 0. The molecule has 1 aromatic heterocycles. The van der Waals surface area contributed by atoms with Crippen molar-refractivity contribution in [2.45, 2.75) is 32.7 Å². The SMILES string of the molecule is C=CCN1C[C@H](c2nc3ccccc3n2Cc2cc(C)ccc2C)CC1=O. The van der Waals surface area contributed by atoms with E-state index in [9.17, 15) is 4.79 Å². The molecule has 2 aromatic carbocycles. The van der Waals surface area contributed by atoms with E-state index in [0.717, 1.165) is 23.4 Å². The van der Waals surface area contributed by atoms with Crippen molar-refractivity contribution in [1.82, 2.24) is 14.5 Å². The smallest absolute Gasteiger partial charge is 0.223 e. The van der Waals surface area contributed by atoms with Gasteiger partial charge in [0.2, 0.25) is 5.91 Å². The Hall–Kier alpha value is -2.88. The molecule has 1 aliphatic rings. The van der Waals surface area contributed by atoms with E-state index < -0.39 is 0 Å². The fourth-order valence-corrected chi connectivity index (χ4v) is 3.99. The van der Waals surface area contributed by atoms with E-state index >= 15 is 0 Å². The number of rotatable bonds is 5. The number of para-hydroxylation sites is 2. The van der Waals surface area contributed by atoms with E-state index in [0.29, 0.717) is 19.5 Å². The zero-order chi connectivity index (χ0) is 19.0. The van der Waals surface area contributed by atoms with Gasteiger partial charge in [-0.3, -0.25) is 4.79 Å². The second kappa shape index (κ2) is 7.03. The van der Waals surface area contributed by atoms with Crippen LogP contribution in [0.4, 0.5) is 0 Å². The molecule has 138 valence electrons. The number of aromatic nitrogens is 2. The van der Waals surface area contributed by atoms with Crippen LogP contribution in [0, 0.1) is 13.8 Å². The summed E-state index contributed by atoms with van der Waals surface area (Å²) in [6.07, 6.45) is 2.31. The number of hydrogen-bond donors (Lipinski definition) is 0. The van der Waals surface area contributed by atoms with Crippen LogP contribution < -0.4 is 0 Å². The highest BCUT2D eigenvalue weighted by Crippen LogP contribution is 2.31. The predicted molar refractivity (Wildman–Crippen MR) is 109 cm³/mol. The molecule has 1 amide bonds. The van der Waals surface area contributed by atoms with Gasteiger partial charge in [-0.25, -0.2) is 4.98 Å². The van der Waals surface area contributed by atoms with Crippen molar-refractivity contribution < 1.29 is 4.79 Å². The molecule has 0 unspecified atom stereocenters. The minimum Gasteiger partial charge on any atom is -0.338 e. The van der Waals surface area contributed by atoms with Gasteiger partial charge >= 0.3 is 0 Å². The molecule has 0 N–H and O–H groups in total. The highest BCUT2D eigenvalue weighted by Gasteiger charge is 2.33. The number of amides is 1. The number of likely N-dealkylation sites (tertiary alicyclic amines) is 1. The molecule has 0 aliphatic carbocycles. The molecule has 1 atom stereocenters. The maximum absolute atomic E-state index is 12.4. The molecule has 4 rings (SSSR count). The monoisotopic (exact) mass is 359 g/mol. The van der Waals surface area contributed by atoms with Gasteiger partial charge in [0.1, 0.15) is 5.82 Å². The van der Waals surface area contributed by atoms with Crippen LogP contribution in [-0.2, 0) is 11.3 Å². The molecule has 0 saturated carbocycles. The first-order valence-corrected chi connectivity index (χ1v) is 9.47. The molecule has 3 aromatic rings. The van der Waals surface area contributed by atoms with Crippen molar-refractivity contribution >= 4 is 16.9 Å². The summed E-state index contributed by atoms with van der Waals surface area (Å²) in [5.74, 6) is 1.32. The molecule has 2 heterocycles. The van der Waals surface area contributed by atoms with Crippen molar-refractivity contribution in [2.75, 3.05) is 13.1 Å². The summed E-state index contributed by atoms with van der Waals surface area (Å²) in [5.41, 5.74) is 5.96. The fourth-order valence-electron chi connectivity index (χ4n) is 3.99. The Labute approximate surface area is 160 Å².